The fraction of sp³-hybridized carbons (Fsp3) is 0. The van der Waals surface area contributed by atoms with E-state index in [0.29, 0.717) is 5.69 Å². The summed E-state index contributed by atoms with van der Waals surface area (Å²) in [5.41, 5.74) is 7.06. The number of thiophene rings is 1. The smallest absolute Gasteiger partial charge is 0.125 e. The van der Waals surface area contributed by atoms with Gasteiger partial charge < -0.3 is 5.73 Å². The van der Waals surface area contributed by atoms with Crippen LogP contribution in [0.1, 0.15) is 0 Å². The van der Waals surface area contributed by atoms with Crippen LogP contribution in [0.25, 0.3) is 10.4 Å². The van der Waals surface area contributed by atoms with Crippen LogP contribution in [0.5, 0.6) is 0 Å². The van der Waals surface area contributed by atoms with Gasteiger partial charge in [-0.05, 0) is 45.6 Å². The van der Waals surface area contributed by atoms with Gasteiger partial charge in [0.2, 0.25) is 0 Å². The van der Waals surface area contributed by atoms with E-state index in [1.807, 2.05) is 11.4 Å². The Bertz CT molecular complexity index is 467. The van der Waals surface area contributed by atoms with E-state index in [-0.39, 0.29) is 5.82 Å². The fourth-order valence-electron chi connectivity index (χ4n) is 1.23. The molecule has 0 aliphatic rings. The largest absolute Gasteiger partial charge is 0.398 e. The lowest BCUT2D eigenvalue weighted by Crippen LogP contribution is -1.89. The summed E-state index contributed by atoms with van der Waals surface area (Å²) in [4.78, 5) is 1.03. The molecule has 0 bridgehead atoms. The third-order valence-electron chi connectivity index (χ3n) is 1.88. The lowest BCUT2D eigenvalue weighted by molar-refractivity contribution is 0.628. The van der Waals surface area contributed by atoms with Crippen LogP contribution < -0.4 is 5.73 Å². The van der Waals surface area contributed by atoms with E-state index in [1.54, 1.807) is 17.4 Å². The summed E-state index contributed by atoms with van der Waals surface area (Å²) in [6.45, 7) is 0. The quantitative estimate of drug-likeness (QED) is 0.783. The van der Waals surface area contributed by atoms with Crippen molar-refractivity contribution < 1.29 is 4.39 Å². The topological polar surface area (TPSA) is 26.0 Å². The van der Waals surface area contributed by atoms with Gasteiger partial charge >= 0.3 is 0 Å². The van der Waals surface area contributed by atoms with Crippen LogP contribution in [0.15, 0.2) is 34.1 Å². The Kier molecular flexibility index (Phi) is 2.56. The normalized spacial score (nSPS) is 10.4. The van der Waals surface area contributed by atoms with Gasteiger partial charge in [0.05, 0.1) is 4.88 Å². The summed E-state index contributed by atoms with van der Waals surface area (Å²) in [6, 6.07) is 6.39. The third kappa shape index (κ3) is 1.67. The Balaban J connectivity index is 2.58. The van der Waals surface area contributed by atoms with E-state index >= 15 is 0 Å². The zero-order chi connectivity index (χ0) is 10.1. The van der Waals surface area contributed by atoms with E-state index in [0.717, 1.165) is 14.9 Å². The van der Waals surface area contributed by atoms with Gasteiger partial charge in [0.25, 0.3) is 0 Å². The van der Waals surface area contributed by atoms with Crippen molar-refractivity contribution >= 4 is 33.0 Å². The molecule has 1 aromatic carbocycles. The van der Waals surface area contributed by atoms with Crippen molar-refractivity contribution in [3.05, 3.63) is 39.9 Å². The molecule has 0 radical (unpaired) electrons. The van der Waals surface area contributed by atoms with Crippen LogP contribution in [0.2, 0.25) is 0 Å². The van der Waals surface area contributed by atoms with Crippen LogP contribution in [-0.2, 0) is 0 Å². The summed E-state index contributed by atoms with van der Waals surface area (Å²) >= 11 is 4.99. The van der Waals surface area contributed by atoms with Crippen LogP contribution in [0, 0.1) is 5.82 Å². The van der Waals surface area contributed by atoms with Crippen LogP contribution >= 0.6 is 27.3 Å². The number of hydrogen-bond acceptors (Lipinski definition) is 2. The minimum atomic E-state index is -0.307. The zero-order valence-electron chi connectivity index (χ0n) is 7.13. The van der Waals surface area contributed by atoms with E-state index in [2.05, 4.69) is 15.9 Å². The number of nitrogen functional groups attached to an aromatic ring is 1. The molecule has 14 heavy (non-hydrogen) atoms. The molecule has 0 atom stereocenters. The SMILES string of the molecule is Nc1cc(F)ccc1-c1sccc1Br. The highest BCUT2D eigenvalue weighted by Gasteiger charge is 2.08. The van der Waals surface area contributed by atoms with Gasteiger partial charge in [-0.3, -0.25) is 0 Å². The average molecular weight is 272 g/mol. The number of rotatable bonds is 1. The molecule has 1 nitrogen and oxygen atoms in total. The average Bonchev–Trinajstić information content (AvgIpc) is 2.52. The first-order chi connectivity index (χ1) is 6.68. The van der Waals surface area contributed by atoms with Gasteiger partial charge in [-0.15, -0.1) is 11.3 Å². The van der Waals surface area contributed by atoms with Crippen LogP contribution in [0.4, 0.5) is 10.1 Å². The second-order valence-electron chi connectivity index (χ2n) is 2.83. The lowest BCUT2D eigenvalue weighted by atomic mass is 10.1. The predicted molar refractivity (Wildman–Crippen MR) is 61.8 cm³/mol. The van der Waals surface area contributed by atoms with Gasteiger partial charge in [-0.2, -0.15) is 0 Å². The van der Waals surface area contributed by atoms with E-state index < -0.39 is 0 Å². The highest BCUT2D eigenvalue weighted by atomic mass is 79.9. The zero-order valence-corrected chi connectivity index (χ0v) is 9.53. The van der Waals surface area contributed by atoms with Crippen LogP contribution in [-0.4, -0.2) is 0 Å². The maximum atomic E-state index is 12.8. The molecule has 0 amide bonds. The van der Waals surface area contributed by atoms with E-state index in [1.165, 1.54) is 12.1 Å². The molecule has 0 saturated heterocycles. The molecule has 0 aliphatic heterocycles. The number of anilines is 1. The minimum Gasteiger partial charge on any atom is -0.398 e. The summed E-state index contributed by atoms with van der Waals surface area (Å²) in [6.07, 6.45) is 0. The molecule has 0 saturated carbocycles. The van der Waals surface area contributed by atoms with Gasteiger partial charge in [-0.25, -0.2) is 4.39 Å². The molecule has 0 spiro atoms. The Morgan fingerprint density at radius 2 is 2.07 bits per heavy atom. The molecule has 2 N–H and O–H groups in total. The lowest BCUT2D eigenvalue weighted by Gasteiger charge is -2.03. The molecule has 1 heterocycles. The maximum absolute atomic E-state index is 12.8. The van der Waals surface area contributed by atoms with E-state index in [4.69, 9.17) is 5.73 Å². The van der Waals surface area contributed by atoms with Crippen molar-refractivity contribution in [3.8, 4) is 10.4 Å². The first kappa shape index (κ1) is 9.68. The van der Waals surface area contributed by atoms with Crippen molar-refractivity contribution in [3.63, 3.8) is 0 Å². The summed E-state index contributed by atoms with van der Waals surface area (Å²) in [5.74, 6) is -0.307. The van der Waals surface area contributed by atoms with Crippen molar-refractivity contribution in [1.29, 1.82) is 0 Å². The minimum absolute atomic E-state index is 0.307. The van der Waals surface area contributed by atoms with Gasteiger partial charge in [0.1, 0.15) is 5.82 Å². The van der Waals surface area contributed by atoms with Crippen molar-refractivity contribution in [2.45, 2.75) is 0 Å². The molecule has 72 valence electrons. The molecule has 4 heteroatoms. The molecular weight excluding hydrogens is 265 g/mol. The highest BCUT2D eigenvalue weighted by molar-refractivity contribution is 9.10. The number of hydrogen-bond donors (Lipinski definition) is 1. The number of benzene rings is 1. The van der Waals surface area contributed by atoms with Gasteiger partial charge in [-0.1, -0.05) is 0 Å². The second-order valence-corrected chi connectivity index (χ2v) is 4.60. The second kappa shape index (κ2) is 3.71. The Hall–Kier alpha value is -0.870. The van der Waals surface area contributed by atoms with Gasteiger partial charge in [0.15, 0.2) is 0 Å². The monoisotopic (exact) mass is 271 g/mol. The van der Waals surface area contributed by atoms with E-state index in [9.17, 15) is 4.39 Å². The van der Waals surface area contributed by atoms with Crippen molar-refractivity contribution in [2.24, 2.45) is 0 Å². The van der Waals surface area contributed by atoms with Crippen LogP contribution in [0.3, 0.4) is 0 Å². The fourth-order valence-corrected chi connectivity index (χ4v) is 2.86. The number of nitrogens with two attached hydrogens (primary N) is 1. The van der Waals surface area contributed by atoms with Crippen molar-refractivity contribution in [1.82, 2.24) is 0 Å². The number of halogens is 2. The summed E-state index contributed by atoms with van der Waals surface area (Å²) in [7, 11) is 0. The molecule has 2 rings (SSSR count). The molecule has 0 unspecified atom stereocenters. The molecule has 2 aromatic rings. The molecular formula is C10H7BrFNS. The third-order valence-corrected chi connectivity index (χ3v) is 3.75. The first-order valence-corrected chi connectivity index (χ1v) is 5.64. The Labute approximate surface area is 93.5 Å². The van der Waals surface area contributed by atoms with Gasteiger partial charge in [0, 0.05) is 15.7 Å². The first-order valence-electron chi connectivity index (χ1n) is 3.97. The van der Waals surface area contributed by atoms with Crippen molar-refractivity contribution in [2.75, 3.05) is 5.73 Å². The summed E-state index contributed by atoms with van der Waals surface area (Å²) in [5, 5.41) is 1.96. The Morgan fingerprint density at radius 3 is 2.64 bits per heavy atom. The molecule has 0 fully saturated rings. The molecule has 0 aliphatic carbocycles. The highest BCUT2D eigenvalue weighted by Crippen LogP contribution is 2.36. The predicted octanol–water partition coefficient (Wildman–Crippen LogP) is 3.90. The Morgan fingerprint density at radius 1 is 1.29 bits per heavy atom. The molecule has 1 aromatic heterocycles. The maximum Gasteiger partial charge on any atom is 0.125 e. The summed E-state index contributed by atoms with van der Waals surface area (Å²) < 4.78 is 13.8. The standard InChI is InChI=1S/C10H7BrFNS/c11-8-3-4-14-10(8)7-2-1-6(12)5-9(7)13/h1-5H,13H2.